The number of carbonyl (C=O) groups is 1. The zero-order valence-corrected chi connectivity index (χ0v) is 13.5. The number of carbonyl (C=O) groups excluding carboxylic acids is 1. The van der Waals surface area contributed by atoms with E-state index < -0.39 is 0 Å². The number of hydrogen-bond donors (Lipinski definition) is 2. The van der Waals surface area contributed by atoms with Crippen molar-refractivity contribution in [1.29, 1.82) is 0 Å². The average Bonchev–Trinajstić information content (AvgIpc) is 2.47. The summed E-state index contributed by atoms with van der Waals surface area (Å²) in [4.78, 5) is 13.5. The van der Waals surface area contributed by atoms with Crippen molar-refractivity contribution in [2.24, 2.45) is 0 Å². The van der Waals surface area contributed by atoms with E-state index in [9.17, 15) is 9.90 Å². The second kappa shape index (κ2) is 6.63. The molecule has 0 heterocycles. The maximum Gasteiger partial charge on any atom is 0.253 e. The molecular formula is C16H17BrN2O2. The van der Waals surface area contributed by atoms with Gasteiger partial charge in [0.2, 0.25) is 0 Å². The predicted octanol–water partition coefficient (Wildman–Crippen LogP) is 3.47. The summed E-state index contributed by atoms with van der Waals surface area (Å²) in [6, 6.07) is 12.6. The summed E-state index contributed by atoms with van der Waals surface area (Å²) in [5.74, 6) is 0.204. The van der Waals surface area contributed by atoms with E-state index in [1.54, 1.807) is 43.3 Å². The lowest BCUT2D eigenvalue weighted by atomic mass is 10.1. The molecule has 5 heteroatoms. The third-order valence-electron chi connectivity index (χ3n) is 3.04. The molecule has 0 aliphatic rings. The first-order valence-corrected chi connectivity index (χ1v) is 7.29. The Morgan fingerprint density at radius 3 is 2.71 bits per heavy atom. The minimum atomic E-state index is -0.0380. The standard InChI is InChI=1S/C16H17BrN2O2/c1-19(2)16(21)11-4-3-5-14(9-11)18-10-12-8-13(17)6-7-15(12)20/h3-9,18,20H,10H2,1-2H3. The highest BCUT2D eigenvalue weighted by atomic mass is 79.9. The first-order chi connectivity index (χ1) is 9.97. The van der Waals surface area contributed by atoms with Crippen LogP contribution in [-0.2, 0) is 6.54 Å². The summed E-state index contributed by atoms with van der Waals surface area (Å²) in [5.41, 5.74) is 2.25. The number of hydrogen-bond acceptors (Lipinski definition) is 3. The van der Waals surface area contributed by atoms with Crippen LogP contribution in [0.4, 0.5) is 5.69 Å². The van der Waals surface area contributed by atoms with Gasteiger partial charge in [0.15, 0.2) is 0 Å². The number of phenols is 1. The monoisotopic (exact) mass is 348 g/mol. The van der Waals surface area contributed by atoms with Gasteiger partial charge in [0, 0.05) is 41.9 Å². The molecule has 0 saturated carbocycles. The first-order valence-electron chi connectivity index (χ1n) is 6.50. The Morgan fingerprint density at radius 2 is 2.00 bits per heavy atom. The van der Waals surface area contributed by atoms with Crippen LogP contribution in [0.15, 0.2) is 46.9 Å². The van der Waals surface area contributed by atoms with E-state index in [2.05, 4.69) is 21.2 Å². The fraction of sp³-hybridized carbons (Fsp3) is 0.188. The number of benzene rings is 2. The van der Waals surface area contributed by atoms with Crippen molar-refractivity contribution >= 4 is 27.5 Å². The molecule has 0 spiro atoms. The smallest absolute Gasteiger partial charge is 0.253 e. The number of amides is 1. The molecule has 2 aromatic rings. The van der Waals surface area contributed by atoms with Crippen molar-refractivity contribution in [3.63, 3.8) is 0 Å². The van der Waals surface area contributed by atoms with Crippen LogP contribution in [0, 0.1) is 0 Å². The van der Waals surface area contributed by atoms with Crippen molar-refractivity contribution in [1.82, 2.24) is 4.90 Å². The number of nitrogens with zero attached hydrogens (tertiary/aromatic N) is 1. The van der Waals surface area contributed by atoms with Gasteiger partial charge in [-0.2, -0.15) is 0 Å². The summed E-state index contributed by atoms with van der Waals surface area (Å²) in [7, 11) is 3.45. The van der Waals surface area contributed by atoms with Gasteiger partial charge in [-0.05, 0) is 36.4 Å². The zero-order valence-electron chi connectivity index (χ0n) is 11.9. The van der Waals surface area contributed by atoms with E-state index in [4.69, 9.17) is 0 Å². The molecule has 0 atom stereocenters. The molecule has 0 aliphatic heterocycles. The average molecular weight is 349 g/mol. The lowest BCUT2D eigenvalue weighted by Gasteiger charge is -2.12. The number of anilines is 1. The Bertz CT molecular complexity index is 656. The molecule has 4 nitrogen and oxygen atoms in total. The molecule has 2 N–H and O–H groups in total. The van der Waals surface area contributed by atoms with Gasteiger partial charge in [0.05, 0.1) is 0 Å². The third kappa shape index (κ3) is 3.98. The summed E-state index contributed by atoms with van der Waals surface area (Å²) >= 11 is 3.38. The topological polar surface area (TPSA) is 52.6 Å². The van der Waals surface area contributed by atoms with Gasteiger partial charge in [-0.3, -0.25) is 4.79 Å². The predicted molar refractivity (Wildman–Crippen MR) is 87.6 cm³/mol. The van der Waals surface area contributed by atoms with Gasteiger partial charge in [0.25, 0.3) is 5.91 Å². The van der Waals surface area contributed by atoms with Crippen LogP contribution in [0.1, 0.15) is 15.9 Å². The van der Waals surface area contributed by atoms with Crippen molar-refractivity contribution in [3.05, 3.63) is 58.1 Å². The van der Waals surface area contributed by atoms with Crippen LogP contribution in [0.3, 0.4) is 0 Å². The van der Waals surface area contributed by atoms with E-state index in [1.165, 1.54) is 0 Å². The minimum Gasteiger partial charge on any atom is -0.508 e. The van der Waals surface area contributed by atoms with E-state index in [0.29, 0.717) is 12.1 Å². The molecule has 0 radical (unpaired) electrons. The summed E-state index contributed by atoms with van der Waals surface area (Å²) in [5, 5.41) is 13.0. The van der Waals surface area contributed by atoms with Crippen LogP contribution in [0.2, 0.25) is 0 Å². The van der Waals surface area contributed by atoms with Gasteiger partial charge in [-0.25, -0.2) is 0 Å². The van der Waals surface area contributed by atoms with Gasteiger partial charge in [-0.15, -0.1) is 0 Å². The van der Waals surface area contributed by atoms with Crippen LogP contribution in [0.25, 0.3) is 0 Å². The molecule has 0 bridgehead atoms. The lowest BCUT2D eigenvalue weighted by molar-refractivity contribution is 0.0827. The number of nitrogens with one attached hydrogen (secondary N) is 1. The Balaban J connectivity index is 2.12. The largest absolute Gasteiger partial charge is 0.508 e. The molecule has 0 saturated heterocycles. The van der Waals surface area contributed by atoms with Gasteiger partial charge in [-0.1, -0.05) is 22.0 Å². The summed E-state index contributed by atoms with van der Waals surface area (Å²) in [6.45, 7) is 0.477. The van der Waals surface area contributed by atoms with Crippen molar-refractivity contribution in [2.45, 2.75) is 6.54 Å². The maximum atomic E-state index is 11.9. The lowest BCUT2D eigenvalue weighted by Crippen LogP contribution is -2.21. The highest BCUT2D eigenvalue weighted by Gasteiger charge is 2.08. The molecule has 0 fully saturated rings. The molecule has 2 aromatic carbocycles. The molecule has 0 aliphatic carbocycles. The van der Waals surface area contributed by atoms with Crippen molar-refractivity contribution < 1.29 is 9.90 Å². The highest BCUT2D eigenvalue weighted by Crippen LogP contribution is 2.23. The normalized spacial score (nSPS) is 10.2. The number of aromatic hydroxyl groups is 1. The number of rotatable bonds is 4. The fourth-order valence-electron chi connectivity index (χ4n) is 1.91. The summed E-state index contributed by atoms with van der Waals surface area (Å²) < 4.78 is 0.911. The zero-order chi connectivity index (χ0) is 15.4. The summed E-state index contributed by atoms with van der Waals surface area (Å²) in [6.07, 6.45) is 0. The van der Waals surface area contributed by atoms with Crippen LogP contribution in [0.5, 0.6) is 5.75 Å². The van der Waals surface area contributed by atoms with Crippen LogP contribution in [-0.4, -0.2) is 30.0 Å². The number of halogens is 1. The van der Waals surface area contributed by atoms with Crippen LogP contribution >= 0.6 is 15.9 Å². The third-order valence-corrected chi connectivity index (χ3v) is 3.53. The molecule has 0 aromatic heterocycles. The van der Waals surface area contributed by atoms with Crippen molar-refractivity contribution in [3.8, 4) is 5.75 Å². The van der Waals surface area contributed by atoms with E-state index in [1.807, 2.05) is 18.2 Å². The second-order valence-electron chi connectivity index (χ2n) is 4.91. The van der Waals surface area contributed by atoms with E-state index in [0.717, 1.165) is 15.7 Å². The Morgan fingerprint density at radius 1 is 1.24 bits per heavy atom. The minimum absolute atomic E-state index is 0.0380. The molecule has 1 amide bonds. The Labute approximate surface area is 132 Å². The van der Waals surface area contributed by atoms with E-state index >= 15 is 0 Å². The molecule has 21 heavy (non-hydrogen) atoms. The van der Waals surface area contributed by atoms with Crippen LogP contribution < -0.4 is 5.32 Å². The van der Waals surface area contributed by atoms with Gasteiger partial charge >= 0.3 is 0 Å². The SMILES string of the molecule is CN(C)C(=O)c1cccc(NCc2cc(Br)ccc2O)c1. The first kappa shape index (κ1) is 15.4. The number of phenolic OH excluding ortho intramolecular Hbond substituents is 1. The molecule has 0 unspecified atom stereocenters. The molecule has 2 rings (SSSR count). The highest BCUT2D eigenvalue weighted by molar-refractivity contribution is 9.10. The molecule has 110 valence electrons. The fourth-order valence-corrected chi connectivity index (χ4v) is 2.32. The Kier molecular flexibility index (Phi) is 4.85. The molecular weight excluding hydrogens is 332 g/mol. The maximum absolute atomic E-state index is 11.9. The van der Waals surface area contributed by atoms with Gasteiger partial charge in [0.1, 0.15) is 5.75 Å². The Hall–Kier alpha value is -2.01. The quantitative estimate of drug-likeness (QED) is 0.889. The van der Waals surface area contributed by atoms with Gasteiger partial charge < -0.3 is 15.3 Å². The van der Waals surface area contributed by atoms with E-state index in [-0.39, 0.29) is 11.7 Å². The van der Waals surface area contributed by atoms with Crippen molar-refractivity contribution in [2.75, 3.05) is 19.4 Å². The second-order valence-corrected chi connectivity index (χ2v) is 5.82.